The molecule has 0 atom stereocenters. The standard InChI is InChI=1S/C20H23N3O3/c24-20(21-25)16-3-1-15(2-4-16)14-23-8-7-17-13-18(5-6-19(17)23)22-9-11-26-12-10-22/h1-6,13,25H,7-12,14H2,(H,21,24). The molecule has 2 aliphatic heterocycles. The zero-order valence-corrected chi connectivity index (χ0v) is 14.6. The number of ether oxygens (including phenoxy) is 1. The van der Waals surface area contributed by atoms with Crippen molar-refractivity contribution in [1.29, 1.82) is 0 Å². The molecular weight excluding hydrogens is 330 g/mol. The number of morpholine rings is 1. The average molecular weight is 353 g/mol. The summed E-state index contributed by atoms with van der Waals surface area (Å²) < 4.78 is 5.44. The maximum absolute atomic E-state index is 11.4. The van der Waals surface area contributed by atoms with Crippen LogP contribution in [-0.4, -0.2) is 44.0 Å². The highest BCUT2D eigenvalue weighted by Crippen LogP contribution is 2.33. The fourth-order valence-corrected chi connectivity index (χ4v) is 3.69. The van der Waals surface area contributed by atoms with E-state index in [1.807, 2.05) is 12.1 Å². The normalized spacial score (nSPS) is 16.5. The van der Waals surface area contributed by atoms with Crippen molar-refractivity contribution < 1.29 is 14.7 Å². The molecule has 0 unspecified atom stereocenters. The van der Waals surface area contributed by atoms with Gasteiger partial charge in [-0.05, 0) is 47.9 Å². The van der Waals surface area contributed by atoms with Gasteiger partial charge >= 0.3 is 0 Å². The summed E-state index contributed by atoms with van der Waals surface area (Å²) in [6.07, 6.45) is 1.05. The van der Waals surface area contributed by atoms with E-state index >= 15 is 0 Å². The summed E-state index contributed by atoms with van der Waals surface area (Å²) in [6.45, 7) is 5.32. The lowest BCUT2D eigenvalue weighted by Crippen LogP contribution is -2.36. The Morgan fingerprint density at radius 2 is 1.85 bits per heavy atom. The van der Waals surface area contributed by atoms with Gasteiger partial charge in [-0.3, -0.25) is 10.0 Å². The van der Waals surface area contributed by atoms with E-state index < -0.39 is 5.91 Å². The Morgan fingerprint density at radius 3 is 2.58 bits per heavy atom. The van der Waals surface area contributed by atoms with Crippen LogP contribution in [0.15, 0.2) is 42.5 Å². The highest BCUT2D eigenvalue weighted by Gasteiger charge is 2.21. The quantitative estimate of drug-likeness (QED) is 0.652. The third-order valence-corrected chi connectivity index (χ3v) is 5.12. The first-order valence-corrected chi connectivity index (χ1v) is 8.98. The van der Waals surface area contributed by atoms with Crippen LogP contribution in [0.4, 0.5) is 11.4 Å². The molecule has 1 fully saturated rings. The van der Waals surface area contributed by atoms with Crippen LogP contribution in [0, 0.1) is 0 Å². The topological polar surface area (TPSA) is 65.0 Å². The molecule has 4 rings (SSSR count). The molecule has 1 amide bonds. The van der Waals surface area contributed by atoms with Gasteiger partial charge in [-0.1, -0.05) is 12.1 Å². The van der Waals surface area contributed by atoms with E-state index in [4.69, 9.17) is 9.94 Å². The summed E-state index contributed by atoms with van der Waals surface area (Å²) in [6, 6.07) is 14.1. The molecule has 6 heteroatoms. The molecule has 2 aromatic carbocycles. The number of nitrogens with zero attached hydrogens (tertiary/aromatic N) is 2. The van der Waals surface area contributed by atoms with Crippen molar-refractivity contribution in [3.05, 3.63) is 59.2 Å². The highest BCUT2D eigenvalue weighted by atomic mass is 16.5. The van der Waals surface area contributed by atoms with Crippen molar-refractivity contribution in [2.45, 2.75) is 13.0 Å². The van der Waals surface area contributed by atoms with Gasteiger partial charge in [-0.15, -0.1) is 0 Å². The van der Waals surface area contributed by atoms with Crippen LogP contribution >= 0.6 is 0 Å². The third-order valence-electron chi connectivity index (χ3n) is 5.12. The van der Waals surface area contributed by atoms with Crippen LogP contribution in [0.25, 0.3) is 0 Å². The molecule has 0 saturated carbocycles. The Labute approximate surface area is 152 Å². The summed E-state index contributed by atoms with van der Waals surface area (Å²) in [5.74, 6) is -0.487. The molecule has 0 radical (unpaired) electrons. The minimum absolute atomic E-state index is 0.452. The minimum Gasteiger partial charge on any atom is -0.378 e. The van der Waals surface area contributed by atoms with Gasteiger partial charge in [-0.25, -0.2) is 5.48 Å². The van der Waals surface area contributed by atoms with E-state index in [9.17, 15) is 4.79 Å². The lowest BCUT2D eigenvalue weighted by molar-refractivity contribution is 0.0706. The smallest absolute Gasteiger partial charge is 0.274 e. The first-order valence-electron chi connectivity index (χ1n) is 8.98. The fraction of sp³-hybridized carbons (Fsp3) is 0.350. The monoisotopic (exact) mass is 353 g/mol. The maximum Gasteiger partial charge on any atom is 0.274 e. The lowest BCUT2D eigenvalue weighted by Gasteiger charge is -2.29. The number of carbonyl (C=O) groups excluding carboxylic acids is 1. The van der Waals surface area contributed by atoms with E-state index in [-0.39, 0.29) is 0 Å². The van der Waals surface area contributed by atoms with E-state index in [2.05, 4.69) is 28.0 Å². The van der Waals surface area contributed by atoms with Crippen LogP contribution in [0.2, 0.25) is 0 Å². The van der Waals surface area contributed by atoms with Gasteiger partial charge in [0.05, 0.1) is 13.2 Å². The molecule has 2 N–H and O–H groups in total. The van der Waals surface area contributed by atoms with Crippen molar-refractivity contribution in [3.8, 4) is 0 Å². The molecule has 6 nitrogen and oxygen atoms in total. The number of hydrogen-bond acceptors (Lipinski definition) is 5. The molecule has 0 bridgehead atoms. The zero-order valence-electron chi connectivity index (χ0n) is 14.6. The van der Waals surface area contributed by atoms with Gasteiger partial charge in [0.2, 0.25) is 0 Å². The second kappa shape index (κ2) is 7.35. The second-order valence-corrected chi connectivity index (χ2v) is 6.72. The number of nitrogens with one attached hydrogen (secondary N) is 1. The van der Waals surface area contributed by atoms with Crippen LogP contribution in [-0.2, 0) is 17.7 Å². The van der Waals surface area contributed by atoms with E-state index in [1.54, 1.807) is 17.6 Å². The summed E-state index contributed by atoms with van der Waals surface area (Å²) >= 11 is 0. The van der Waals surface area contributed by atoms with Crippen LogP contribution in [0.5, 0.6) is 0 Å². The van der Waals surface area contributed by atoms with Gasteiger partial charge in [0, 0.05) is 43.1 Å². The Hall–Kier alpha value is -2.57. The summed E-state index contributed by atoms with van der Waals surface area (Å²) in [5.41, 5.74) is 7.22. The Kier molecular flexibility index (Phi) is 4.77. The van der Waals surface area contributed by atoms with Crippen molar-refractivity contribution in [2.75, 3.05) is 42.6 Å². The SMILES string of the molecule is O=C(NO)c1ccc(CN2CCc3cc(N4CCOCC4)ccc32)cc1. The number of rotatable bonds is 4. The molecule has 2 aliphatic rings. The van der Waals surface area contributed by atoms with E-state index in [0.717, 1.165) is 51.4 Å². The van der Waals surface area contributed by atoms with Gasteiger partial charge in [-0.2, -0.15) is 0 Å². The number of amides is 1. The molecule has 2 aromatic rings. The highest BCUT2D eigenvalue weighted by molar-refractivity contribution is 5.93. The van der Waals surface area contributed by atoms with Gasteiger partial charge in [0.15, 0.2) is 0 Å². The first kappa shape index (κ1) is 16.9. The molecule has 0 aliphatic carbocycles. The Bertz CT molecular complexity index is 785. The lowest BCUT2D eigenvalue weighted by atomic mass is 10.1. The third kappa shape index (κ3) is 3.38. The van der Waals surface area contributed by atoms with Gasteiger partial charge < -0.3 is 14.5 Å². The van der Waals surface area contributed by atoms with Crippen LogP contribution in [0.3, 0.4) is 0 Å². The molecule has 136 valence electrons. The number of carbonyl (C=O) groups is 1. The van der Waals surface area contributed by atoms with Crippen molar-refractivity contribution in [1.82, 2.24) is 5.48 Å². The number of benzene rings is 2. The first-order chi connectivity index (χ1) is 12.7. The molecule has 26 heavy (non-hydrogen) atoms. The second-order valence-electron chi connectivity index (χ2n) is 6.72. The van der Waals surface area contributed by atoms with Gasteiger partial charge in [0.1, 0.15) is 0 Å². The Morgan fingerprint density at radius 1 is 1.08 bits per heavy atom. The van der Waals surface area contributed by atoms with Crippen LogP contribution < -0.4 is 15.3 Å². The summed E-state index contributed by atoms with van der Waals surface area (Å²) in [4.78, 5) is 16.2. The zero-order chi connectivity index (χ0) is 17.9. The van der Waals surface area contributed by atoms with Crippen LogP contribution in [0.1, 0.15) is 21.5 Å². The molecule has 0 aromatic heterocycles. The molecule has 2 heterocycles. The summed E-state index contributed by atoms with van der Waals surface area (Å²) in [7, 11) is 0. The predicted octanol–water partition coefficient (Wildman–Crippen LogP) is 2.20. The van der Waals surface area contributed by atoms with Crippen molar-refractivity contribution in [3.63, 3.8) is 0 Å². The van der Waals surface area contributed by atoms with Crippen molar-refractivity contribution >= 4 is 17.3 Å². The summed E-state index contributed by atoms with van der Waals surface area (Å²) in [5, 5.41) is 8.69. The minimum atomic E-state index is -0.487. The predicted molar refractivity (Wildman–Crippen MR) is 99.9 cm³/mol. The Balaban J connectivity index is 1.46. The number of fused-ring (bicyclic) bond motifs is 1. The molecule has 1 saturated heterocycles. The number of anilines is 2. The number of hydrogen-bond donors (Lipinski definition) is 2. The molecular formula is C20H23N3O3. The average Bonchev–Trinajstić information content (AvgIpc) is 3.10. The fourth-order valence-electron chi connectivity index (χ4n) is 3.69. The molecule has 0 spiro atoms. The maximum atomic E-state index is 11.4. The number of hydroxylamine groups is 1. The largest absolute Gasteiger partial charge is 0.378 e. The van der Waals surface area contributed by atoms with Crippen molar-refractivity contribution in [2.24, 2.45) is 0 Å². The van der Waals surface area contributed by atoms with E-state index in [1.165, 1.54) is 16.9 Å². The van der Waals surface area contributed by atoms with Gasteiger partial charge in [0.25, 0.3) is 5.91 Å². The van der Waals surface area contributed by atoms with E-state index in [0.29, 0.717) is 5.56 Å².